The predicted octanol–water partition coefficient (Wildman–Crippen LogP) is -1.21. The number of nitrogens with one attached hydrogen (secondary N) is 2. The molecule has 3 rings (SSSR count). The molecular weight excluding hydrogens is 158 g/mol. The Bertz CT molecular complexity index is 227. The van der Waals surface area contributed by atoms with Crippen molar-refractivity contribution in [1.29, 1.82) is 0 Å². The van der Waals surface area contributed by atoms with Crippen LogP contribution in [-0.2, 0) is 4.79 Å². The van der Waals surface area contributed by atoms with E-state index < -0.39 is 6.03 Å². The molecule has 2 saturated heterocycles. The molecular formula is C7H11N3O2. The lowest BCUT2D eigenvalue weighted by Gasteiger charge is -2.32. The lowest BCUT2D eigenvalue weighted by Crippen LogP contribution is -2.50. The van der Waals surface area contributed by atoms with Crippen molar-refractivity contribution in [2.45, 2.75) is 12.5 Å². The van der Waals surface area contributed by atoms with Gasteiger partial charge in [-0.3, -0.25) is 10.1 Å². The molecule has 0 aromatic rings. The van der Waals surface area contributed by atoms with E-state index >= 15 is 0 Å². The minimum absolute atomic E-state index is 0.0301. The van der Waals surface area contributed by atoms with Crippen molar-refractivity contribution in [3.8, 4) is 0 Å². The molecule has 2 aliphatic heterocycles. The fraction of sp³-hybridized carbons (Fsp3) is 0.714. The summed E-state index contributed by atoms with van der Waals surface area (Å²) in [6.07, 6.45) is 1.05. The number of primary amides is 1. The third-order valence-electron chi connectivity index (χ3n) is 2.69. The summed E-state index contributed by atoms with van der Waals surface area (Å²) in [7, 11) is 0. The average Bonchev–Trinajstić information content (AvgIpc) is 2.39. The van der Waals surface area contributed by atoms with Crippen LogP contribution in [-0.4, -0.2) is 24.5 Å². The first kappa shape index (κ1) is 7.54. The van der Waals surface area contributed by atoms with E-state index in [1.165, 1.54) is 0 Å². The fourth-order valence-electron chi connectivity index (χ4n) is 2.08. The molecule has 0 radical (unpaired) electrons. The van der Waals surface area contributed by atoms with Crippen molar-refractivity contribution in [3.05, 3.63) is 0 Å². The number of rotatable bonds is 1. The van der Waals surface area contributed by atoms with E-state index in [1.807, 2.05) is 0 Å². The van der Waals surface area contributed by atoms with Crippen LogP contribution in [0, 0.1) is 11.8 Å². The Kier molecular flexibility index (Phi) is 1.54. The Morgan fingerprint density at radius 3 is 2.67 bits per heavy atom. The zero-order valence-corrected chi connectivity index (χ0v) is 6.54. The molecule has 3 amide bonds. The van der Waals surface area contributed by atoms with Crippen LogP contribution in [0.1, 0.15) is 6.42 Å². The van der Waals surface area contributed by atoms with Gasteiger partial charge in [0.15, 0.2) is 0 Å². The van der Waals surface area contributed by atoms with Crippen molar-refractivity contribution in [1.82, 2.24) is 10.6 Å². The minimum Gasteiger partial charge on any atom is -0.351 e. The Morgan fingerprint density at radius 1 is 1.50 bits per heavy atom. The van der Waals surface area contributed by atoms with E-state index in [9.17, 15) is 9.59 Å². The highest BCUT2D eigenvalue weighted by Gasteiger charge is 2.50. The Labute approximate surface area is 69.7 Å². The van der Waals surface area contributed by atoms with Gasteiger partial charge in [-0.25, -0.2) is 4.79 Å². The first-order chi connectivity index (χ1) is 5.68. The van der Waals surface area contributed by atoms with E-state index in [4.69, 9.17) is 5.73 Å². The Balaban J connectivity index is 1.93. The molecule has 0 aromatic carbocycles. The fourth-order valence-corrected chi connectivity index (χ4v) is 2.08. The summed E-state index contributed by atoms with van der Waals surface area (Å²) in [4.78, 5) is 21.6. The monoisotopic (exact) mass is 169 g/mol. The summed E-state index contributed by atoms with van der Waals surface area (Å²) in [5, 5.41) is 5.29. The van der Waals surface area contributed by atoms with Gasteiger partial charge in [-0.15, -0.1) is 0 Å². The number of urea groups is 1. The predicted molar refractivity (Wildman–Crippen MR) is 41.1 cm³/mol. The van der Waals surface area contributed by atoms with Crippen molar-refractivity contribution >= 4 is 11.9 Å². The normalized spacial score (nSPS) is 37.2. The van der Waals surface area contributed by atoms with E-state index in [0.29, 0.717) is 5.92 Å². The molecule has 66 valence electrons. The average molecular weight is 169 g/mol. The Hall–Kier alpha value is -1.10. The zero-order valence-electron chi connectivity index (χ0n) is 6.54. The van der Waals surface area contributed by atoms with Crippen LogP contribution in [0.15, 0.2) is 0 Å². The molecule has 12 heavy (non-hydrogen) atoms. The molecule has 3 fully saturated rings. The van der Waals surface area contributed by atoms with Crippen LogP contribution >= 0.6 is 0 Å². The molecule has 4 N–H and O–H groups in total. The van der Waals surface area contributed by atoms with Crippen molar-refractivity contribution in [2.24, 2.45) is 17.6 Å². The van der Waals surface area contributed by atoms with Crippen LogP contribution in [0.3, 0.4) is 0 Å². The number of hydrogen-bond acceptors (Lipinski definition) is 3. The highest BCUT2D eigenvalue weighted by atomic mass is 16.2. The van der Waals surface area contributed by atoms with Gasteiger partial charge in [0.1, 0.15) is 0 Å². The maximum atomic E-state index is 11.2. The van der Waals surface area contributed by atoms with E-state index in [1.54, 1.807) is 0 Å². The number of carbonyl (C=O) groups excluding carboxylic acids is 2. The smallest absolute Gasteiger partial charge is 0.318 e. The van der Waals surface area contributed by atoms with Crippen molar-refractivity contribution in [3.63, 3.8) is 0 Å². The molecule has 3 unspecified atom stereocenters. The number of amides is 3. The molecule has 5 nitrogen and oxygen atoms in total. The molecule has 5 heteroatoms. The van der Waals surface area contributed by atoms with Gasteiger partial charge in [-0.1, -0.05) is 0 Å². The van der Waals surface area contributed by atoms with E-state index in [2.05, 4.69) is 10.6 Å². The highest BCUT2D eigenvalue weighted by molar-refractivity contribution is 5.95. The lowest BCUT2D eigenvalue weighted by atomic mass is 9.73. The molecule has 0 spiro atoms. The van der Waals surface area contributed by atoms with E-state index in [-0.39, 0.29) is 17.9 Å². The Morgan fingerprint density at radius 2 is 2.25 bits per heavy atom. The molecule has 3 aliphatic rings. The molecule has 1 saturated carbocycles. The van der Waals surface area contributed by atoms with Crippen LogP contribution in [0.5, 0.6) is 0 Å². The summed E-state index contributed by atoms with van der Waals surface area (Å²) < 4.78 is 0. The zero-order chi connectivity index (χ0) is 8.72. The molecule has 2 heterocycles. The van der Waals surface area contributed by atoms with Gasteiger partial charge >= 0.3 is 6.03 Å². The number of nitrogens with two attached hydrogens (primary N) is 1. The molecule has 2 bridgehead atoms. The standard InChI is InChI=1S/C7H11N3O2/c8-7(12)10-6(11)5-3-1-4(5)9-2-3/h3-5,9H,1-2H2,(H3,8,10,11,12). The van der Waals surface area contributed by atoms with Crippen LogP contribution in [0.25, 0.3) is 0 Å². The second-order valence-corrected chi connectivity index (χ2v) is 3.39. The summed E-state index contributed by atoms with van der Waals surface area (Å²) >= 11 is 0. The number of carbonyl (C=O) groups is 2. The SMILES string of the molecule is NC(=O)NC(=O)C1C2CNC1C2. The van der Waals surface area contributed by atoms with Gasteiger partial charge in [-0.05, 0) is 18.9 Å². The molecule has 3 atom stereocenters. The van der Waals surface area contributed by atoms with Crippen LogP contribution in [0.2, 0.25) is 0 Å². The number of imide groups is 1. The molecule has 0 aromatic heterocycles. The largest absolute Gasteiger partial charge is 0.351 e. The van der Waals surface area contributed by atoms with Crippen LogP contribution < -0.4 is 16.4 Å². The second kappa shape index (κ2) is 2.45. The quantitative estimate of drug-likeness (QED) is 0.460. The van der Waals surface area contributed by atoms with Gasteiger partial charge in [0.25, 0.3) is 0 Å². The summed E-state index contributed by atoms with van der Waals surface area (Å²) in [6, 6.07) is -0.486. The first-order valence-electron chi connectivity index (χ1n) is 4.02. The third-order valence-corrected chi connectivity index (χ3v) is 2.69. The topological polar surface area (TPSA) is 84.2 Å². The highest BCUT2D eigenvalue weighted by Crippen LogP contribution is 2.39. The second-order valence-electron chi connectivity index (χ2n) is 3.39. The number of hydrogen-bond donors (Lipinski definition) is 3. The lowest BCUT2D eigenvalue weighted by molar-refractivity contribution is -0.128. The van der Waals surface area contributed by atoms with Gasteiger partial charge in [0, 0.05) is 6.04 Å². The maximum Gasteiger partial charge on any atom is 0.318 e. The van der Waals surface area contributed by atoms with E-state index in [0.717, 1.165) is 13.0 Å². The van der Waals surface area contributed by atoms with Crippen molar-refractivity contribution < 1.29 is 9.59 Å². The van der Waals surface area contributed by atoms with Gasteiger partial charge < -0.3 is 11.1 Å². The van der Waals surface area contributed by atoms with Crippen LogP contribution in [0.4, 0.5) is 4.79 Å². The van der Waals surface area contributed by atoms with Gasteiger partial charge in [-0.2, -0.15) is 0 Å². The first-order valence-corrected chi connectivity index (χ1v) is 4.02. The summed E-state index contributed by atoms with van der Waals surface area (Å²) in [5.41, 5.74) is 4.83. The van der Waals surface area contributed by atoms with Crippen molar-refractivity contribution in [2.75, 3.05) is 6.54 Å². The van der Waals surface area contributed by atoms with Gasteiger partial charge in [0.2, 0.25) is 5.91 Å². The third kappa shape index (κ3) is 0.972. The number of fused-ring (bicyclic) bond motifs is 1. The minimum atomic E-state index is -0.758. The van der Waals surface area contributed by atoms with Gasteiger partial charge in [0.05, 0.1) is 5.92 Å². The summed E-state index contributed by atoms with van der Waals surface area (Å²) in [5.74, 6) is 0.153. The molecule has 1 aliphatic carbocycles. The maximum absolute atomic E-state index is 11.2. The summed E-state index contributed by atoms with van der Waals surface area (Å²) in [6.45, 7) is 0.890.